The molecule has 0 saturated carbocycles. The van der Waals surface area contributed by atoms with Gasteiger partial charge in [-0.05, 0) is 43.2 Å². The van der Waals surface area contributed by atoms with Gasteiger partial charge in [0.1, 0.15) is 6.33 Å². The number of nitrogens with one attached hydrogen (secondary N) is 2. The summed E-state index contributed by atoms with van der Waals surface area (Å²) in [6.45, 7) is 3.95. The molecule has 0 atom stereocenters. The van der Waals surface area contributed by atoms with Crippen LogP contribution in [0.4, 0.5) is 5.82 Å². The van der Waals surface area contributed by atoms with Gasteiger partial charge >= 0.3 is 5.69 Å². The second-order valence-corrected chi connectivity index (χ2v) is 5.70. The highest BCUT2D eigenvalue weighted by atomic mass is 16.1. The Morgan fingerprint density at radius 3 is 2.79 bits per heavy atom. The van der Waals surface area contributed by atoms with E-state index in [1.807, 2.05) is 50.2 Å². The quantitative estimate of drug-likeness (QED) is 0.556. The molecule has 0 aliphatic carbocycles. The van der Waals surface area contributed by atoms with Crippen LogP contribution < -0.4 is 5.69 Å². The molecule has 0 aliphatic heterocycles. The van der Waals surface area contributed by atoms with Crippen LogP contribution in [0.25, 0.3) is 21.9 Å². The van der Waals surface area contributed by atoms with E-state index < -0.39 is 0 Å². The van der Waals surface area contributed by atoms with Crippen LogP contribution in [0.3, 0.4) is 0 Å². The Kier molecular flexibility index (Phi) is 3.23. The topological polar surface area (TPSA) is 86.8 Å². The maximum atomic E-state index is 11.4. The van der Waals surface area contributed by atoms with Crippen LogP contribution in [0.15, 0.2) is 52.5 Å². The second kappa shape index (κ2) is 5.42. The maximum absolute atomic E-state index is 11.4. The normalized spacial score (nSPS) is 12.2. The number of nitrogens with zero attached hydrogens (tertiary/aromatic N) is 3. The van der Waals surface area contributed by atoms with Gasteiger partial charge in [0.15, 0.2) is 5.82 Å². The molecule has 0 saturated heterocycles. The zero-order valence-corrected chi connectivity index (χ0v) is 13.3. The third-order valence-electron chi connectivity index (χ3n) is 4.06. The van der Waals surface area contributed by atoms with E-state index >= 15 is 0 Å². The van der Waals surface area contributed by atoms with Gasteiger partial charge in [-0.2, -0.15) is 0 Å². The zero-order chi connectivity index (χ0) is 16.7. The van der Waals surface area contributed by atoms with Crippen LogP contribution >= 0.6 is 0 Å². The highest BCUT2D eigenvalue weighted by molar-refractivity contribution is 6.04. The molecule has 2 aromatic heterocycles. The predicted octanol–water partition coefficient (Wildman–Crippen LogP) is 3.25. The van der Waals surface area contributed by atoms with Gasteiger partial charge < -0.3 is 9.97 Å². The molecule has 6 nitrogen and oxygen atoms in total. The molecule has 4 rings (SSSR count). The van der Waals surface area contributed by atoms with Gasteiger partial charge in [0, 0.05) is 11.1 Å². The minimum atomic E-state index is -0.214. The van der Waals surface area contributed by atoms with Crippen LogP contribution in [0.1, 0.15) is 18.1 Å². The van der Waals surface area contributed by atoms with E-state index in [0.29, 0.717) is 5.82 Å². The van der Waals surface area contributed by atoms with Gasteiger partial charge in [0.25, 0.3) is 0 Å². The van der Waals surface area contributed by atoms with Crippen LogP contribution in [-0.2, 0) is 0 Å². The Balaban J connectivity index is 1.86. The standard InChI is InChI=1S/C18H15N5O/c1-10-4-3-5-14-16(10)17(20-9-19-14)21-11(2)12-6-7-13-15(8-12)23-18(24)22-13/h3-9H,1-2H3,(H2,22,23,24). The van der Waals surface area contributed by atoms with Crippen LogP contribution in [0, 0.1) is 6.92 Å². The average molecular weight is 317 g/mol. The number of hydrogen-bond donors (Lipinski definition) is 2. The van der Waals surface area contributed by atoms with Crippen molar-refractivity contribution >= 4 is 33.5 Å². The number of rotatable bonds is 2. The first-order valence-electron chi connectivity index (χ1n) is 7.60. The van der Waals surface area contributed by atoms with Gasteiger partial charge in [0.05, 0.1) is 16.6 Å². The number of aliphatic imine (C=N–C) groups is 1. The third-order valence-corrected chi connectivity index (χ3v) is 4.06. The van der Waals surface area contributed by atoms with Crippen molar-refractivity contribution in [3.8, 4) is 0 Å². The molecule has 2 aromatic carbocycles. The summed E-state index contributed by atoms with van der Waals surface area (Å²) >= 11 is 0. The van der Waals surface area contributed by atoms with E-state index in [0.717, 1.165) is 38.8 Å². The molecular formula is C18H15N5O. The molecular weight excluding hydrogens is 302 g/mol. The maximum Gasteiger partial charge on any atom is 0.323 e. The number of aryl methyl sites for hydroxylation is 1. The molecule has 2 heterocycles. The Morgan fingerprint density at radius 2 is 1.92 bits per heavy atom. The second-order valence-electron chi connectivity index (χ2n) is 5.70. The fourth-order valence-electron chi connectivity index (χ4n) is 2.83. The Bertz CT molecular complexity index is 1150. The Hall–Kier alpha value is -3.28. The summed E-state index contributed by atoms with van der Waals surface area (Å²) in [5.41, 5.74) is 5.04. The highest BCUT2D eigenvalue weighted by Gasteiger charge is 2.07. The van der Waals surface area contributed by atoms with Crippen LogP contribution in [0.2, 0.25) is 0 Å². The van der Waals surface area contributed by atoms with E-state index in [-0.39, 0.29) is 5.69 Å². The van der Waals surface area contributed by atoms with Gasteiger partial charge in [-0.3, -0.25) is 0 Å². The predicted molar refractivity (Wildman–Crippen MR) is 95.1 cm³/mol. The largest absolute Gasteiger partial charge is 0.323 e. The lowest BCUT2D eigenvalue weighted by Crippen LogP contribution is -1.99. The highest BCUT2D eigenvalue weighted by Crippen LogP contribution is 2.26. The number of aromatic amines is 2. The van der Waals surface area contributed by atoms with Crippen molar-refractivity contribution in [1.29, 1.82) is 0 Å². The Morgan fingerprint density at radius 1 is 1.08 bits per heavy atom. The van der Waals surface area contributed by atoms with Crippen LogP contribution in [-0.4, -0.2) is 25.6 Å². The van der Waals surface area contributed by atoms with Crippen molar-refractivity contribution in [3.05, 3.63) is 64.3 Å². The summed E-state index contributed by atoms with van der Waals surface area (Å²) in [4.78, 5) is 30.2. The first kappa shape index (κ1) is 14.3. The smallest absolute Gasteiger partial charge is 0.306 e. The van der Waals surface area contributed by atoms with Gasteiger partial charge in [-0.1, -0.05) is 18.2 Å². The fraction of sp³-hybridized carbons (Fsp3) is 0.111. The number of benzene rings is 2. The number of fused-ring (bicyclic) bond motifs is 2. The van der Waals surface area contributed by atoms with Crippen molar-refractivity contribution in [1.82, 2.24) is 19.9 Å². The molecule has 0 fully saturated rings. The first-order chi connectivity index (χ1) is 11.6. The van der Waals surface area contributed by atoms with E-state index in [1.165, 1.54) is 6.33 Å². The van der Waals surface area contributed by atoms with Crippen molar-refractivity contribution in [3.63, 3.8) is 0 Å². The van der Waals surface area contributed by atoms with Gasteiger partial charge in [0.2, 0.25) is 0 Å². The molecule has 0 unspecified atom stereocenters. The van der Waals surface area contributed by atoms with E-state index in [2.05, 4.69) is 19.9 Å². The lowest BCUT2D eigenvalue weighted by molar-refractivity contribution is 1.19. The third kappa shape index (κ3) is 2.38. The van der Waals surface area contributed by atoms with E-state index in [4.69, 9.17) is 4.99 Å². The summed E-state index contributed by atoms with van der Waals surface area (Å²) in [6, 6.07) is 11.7. The van der Waals surface area contributed by atoms with Crippen molar-refractivity contribution in [2.24, 2.45) is 4.99 Å². The molecule has 0 spiro atoms. The van der Waals surface area contributed by atoms with Gasteiger partial charge in [-0.15, -0.1) is 0 Å². The van der Waals surface area contributed by atoms with Crippen LogP contribution in [0.5, 0.6) is 0 Å². The first-order valence-corrected chi connectivity index (χ1v) is 7.60. The number of hydrogen-bond acceptors (Lipinski definition) is 4. The van der Waals surface area contributed by atoms with Crippen molar-refractivity contribution in [2.75, 3.05) is 0 Å². The number of imidazole rings is 1. The molecule has 0 radical (unpaired) electrons. The Labute approximate surface area is 137 Å². The molecule has 0 aliphatic rings. The summed E-state index contributed by atoms with van der Waals surface area (Å²) in [5.74, 6) is 0.651. The fourth-order valence-corrected chi connectivity index (χ4v) is 2.83. The minimum absolute atomic E-state index is 0.214. The monoisotopic (exact) mass is 317 g/mol. The zero-order valence-electron chi connectivity index (χ0n) is 13.3. The lowest BCUT2D eigenvalue weighted by Gasteiger charge is -2.06. The summed E-state index contributed by atoms with van der Waals surface area (Å²) in [7, 11) is 0. The molecule has 0 bridgehead atoms. The van der Waals surface area contributed by atoms with Crippen molar-refractivity contribution in [2.45, 2.75) is 13.8 Å². The van der Waals surface area contributed by atoms with E-state index in [1.54, 1.807) is 0 Å². The SMILES string of the molecule is CC(=Nc1ncnc2cccc(C)c12)c1ccc2[nH]c(=O)[nH]c2c1. The minimum Gasteiger partial charge on any atom is -0.306 e. The van der Waals surface area contributed by atoms with E-state index in [9.17, 15) is 4.79 Å². The number of aromatic nitrogens is 4. The molecule has 24 heavy (non-hydrogen) atoms. The van der Waals surface area contributed by atoms with Crippen molar-refractivity contribution < 1.29 is 0 Å². The average Bonchev–Trinajstić information content (AvgIpc) is 2.94. The summed E-state index contributed by atoms with van der Waals surface area (Å²) in [5, 5.41) is 0.954. The lowest BCUT2D eigenvalue weighted by atomic mass is 10.1. The number of H-pyrrole nitrogens is 2. The summed E-state index contributed by atoms with van der Waals surface area (Å²) < 4.78 is 0. The molecule has 0 amide bonds. The summed E-state index contributed by atoms with van der Waals surface area (Å²) in [6.07, 6.45) is 1.53. The molecule has 6 heteroatoms. The molecule has 2 N–H and O–H groups in total. The molecule has 118 valence electrons. The molecule has 4 aromatic rings. The van der Waals surface area contributed by atoms with Gasteiger partial charge in [-0.25, -0.2) is 19.8 Å².